The molecular formula is C17H21ClO4. The number of halogens is 1. The minimum absolute atomic E-state index is 0.230. The fourth-order valence-electron chi connectivity index (χ4n) is 3.28. The molecule has 0 aromatic heterocycles. The number of ether oxygens (including phenoxy) is 3. The summed E-state index contributed by atoms with van der Waals surface area (Å²) in [5, 5.41) is 0.601. The van der Waals surface area contributed by atoms with Crippen molar-refractivity contribution >= 4 is 17.6 Å². The lowest BCUT2D eigenvalue weighted by Crippen LogP contribution is -2.39. The maximum atomic E-state index is 11.8. The van der Waals surface area contributed by atoms with Gasteiger partial charge in [-0.05, 0) is 31.4 Å². The van der Waals surface area contributed by atoms with Crippen LogP contribution in [0.3, 0.4) is 0 Å². The molecule has 22 heavy (non-hydrogen) atoms. The van der Waals surface area contributed by atoms with Crippen molar-refractivity contribution < 1.29 is 19.0 Å². The first kappa shape index (κ1) is 15.6. The molecule has 1 aromatic carbocycles. The molecule has 1 fully saturated rings. The average molecular weight is 325 g/mol. The number of carbonyl (C=O) groups excluding carboxylic acids is 1. The third-order valence-corrected chi connectivity index (χ3v) is 4.53. The van der Waals surface area contributed by atoms with E-state index in [0.717, 1.165) is 31.2 Å². The first-order chi connectivity index (χ1) is 10.6. The van der Waals surface area contributed by atoms with Gasteiger partial charge < -0.3 is 14.2 Å². The lowest BCUT2D eigenvalue weighted by Gasteiger charge is -2.31. The summed E-state index contributed by atoms with van der Waals surface area (Å²) in [7, 11) is 0. The number of fused-ring (bicyclic) bond motifs is 1. The fraction of sp³-hybridized carbons (Fsp3) is 0.588. The maximum absolute atomic E-state index is 11.8. The minimum atomic E-state index is -0.645. The highest BCUT2D eigenvalue weighted by molar-refractivity contribution is 6.32. The van der Waals surface area contributed by atoms with Crippen LogP contribution in [0.15, 0.2) is 18.2 Å². The van der Waals surface area contributed by atoms with Gasteiger partial charge >= 0.3 is 5.97 Å². The van der Waals surface area contributed by atoms with Gasteiger partial charge in [0, 0.05) is 19.3 Å². The predicted octanol–water partition coefficient (Wildman–Crippen LogP) is 3.88. The quantitative estimate of drug-likeness (QED) is 0.791. The third-order valence-electron chi connectivity index (χ3n) is 4.23. The Hall–Kier alpha value is -1.26. The number of para-hydroxylation sites is 1. The van der Waals surface area contributed by atoms with Crippen LogP contribution in [0.25, 0.3) is 0 Å². The highest BCUT2D eigenvalue weighted by atomic mass is 35.5. The first-order valence-corrected chi connectivity index (χ1v) is 8.29. The summed E-state index contributed by atoms with van der Waals surface area (Å²) in [5.41, 5.74) is 0.991. The van der Waals surface area contributed by atoms with Gasteiger partial charge in [0.05, 0.1) is 24.2 Å². The van der Waals surface area contributed by atoms with Crippen molar-refractivity contribution in [3.63, 3.8) is 0 Å². The normalized spacial score (nSPS) is 22.7. The smallest absolute Gasteiger partial charge is 0.308 e. The molecule has 0 N–H and O–H groups in total. The van der Waals surface area contributed by atoms with E-state index < -0.39 is 5.79 Å². The molecular weight excluding hydrogens is 304 g/mol. The summed E-state index contributed by atoms with van der Waals surface area (Å²) in [6.45, 7) is 2.19. The number of benzene rings is 1. The number of hydrogen-bond acceptors (Lipinski definition) is 4. The lowest BCUT2D eigenvalue weighted by atomic mass is 10.0. The molecule has 4 nitrogen and oxygen atoms in total. The molecule has 1 heterocycles. The van der Waals surface area contributed by atoms with Gasteiger partial charge in [-0.15, -0.1) is 0 Å². The lowest BCUT2D eigenvalue weighted by molar-refractivity contribution is -0.204. The maximum Gasteiger partial charge on any atom is 0.308 e. The number of carbonyl (C=O) groups is 1. The Bertz CT molecular complexity index is 552. The molecule has 120 valence electrons. The molecule has 1 aliphatic carbocycles. The second kappa shape index (κ2) is 6.47. The van der Waals surface area contributed by atoms with Crippen molar-refractivity contribution in [3.8, 4) is 5.75 Å². The summed E-state index contributed by atoms with van der Waals surface area (Å²) in [4.78, 5) is 11.8. The number of rotatable bonds is 3. The van der Waals surface area contributed by atoms with Crippen molar-refractivity contribution in [2.45, 2.75) is 57.3 Å². The summed E-state index contributed by atoms with van der Waals surface area (Å²) >= 11 is 6.31. The Morgan fingerprint density at radius 3 is 2.91 bits per heavy atom. The SMILES string of the molecule is CCOC(=O)CC1Cc2cccc(Cl)c2OC2(CCCC2)O1. The molecule has 1 saturated carbocycles. The summed E-state index contributed by atoms with van der Waals surface area (Å²) in [6, 6.07) is 5.71. The van der Waals surface area contributed by atoms with Gasteiger partial charge in [0.25, 0.3) is 0 Å². The van der Waals surface area contributed by atoms with E-state index in [1.807, 2.05) is 25.1 Å². The molecule has 1 aromatic rings. The van der Waals surface area contributed by atoms with E-state index in [1.54, 1.807) is 0 Å². The minimum Gasteiger partial charge on any atom is -0.466 e. The summed E-state index contributed by atoms with van der Waals surface area (Å²) in [5.74, 6) is -0.170. The van der Waals surface area contributed by atoms with Crippen LogP contribution >= 0.6 is 11.6 Å². The van der Waals surface area contributed by atoms with E-state index in [-0.39, 0.29) is 18.5 Å². The monoisotopic (exact) mass is 324 g/mol. The molecule has 0 bridgehead atoms. The van der Waals surface area contributed by atoms with E-state index >= 15 is 0 Å². The van der Waals surface area contributed by atoms with Crippen LogP contribution in [0.5, 0.6) is 5.75 Å². The van der Waals surface area contributed by atoms with Crippen molar-refractivity contribution in [3.05, 3.63) is 28.8 Å². The van der Waals surface area contributed by atoms with Gasteiger partial charge in [0.1, 0.15) is 5.75 Å². The van der Waals surface area contributed by atoms with Gasteiger partial charge in [-0.3, -0.25) is 4.79 Å². The molecule has 1 aliphatic heterocycles. The molecule has 0 saturated heterocycles. The van der Waals surface area contributed by atoms with Crippen molar-refractivity contribution in [2.24, 2.45) is 0 Å². The van der Waals surface area contributed by atoms with E-state index in [4.69, 9.17) is 25.8 Å². The summed E-state index contributed by atoms with van der Waals surface area (Å²) < 4.78 is 17.5. The average Bonchev–Trinajstić information content (AvgIpc) is 2.84. The van der Waals surface area contributed by atoms with Crippen molar-refractivity contribution in [2.75, 3.05) is 6.61 Å². The Labute approximate surface area is 135 Å². The highest BCUT2D eigenvalue weighted by Crippen LogP contribution is 2.43. The molecule has 5 heteroatoms. The van der Waals surface area contributed by atoms with Crippen molar-refractivity contribution in [1.82, 2.24) is 0 Å². The zero-order valence-electron chi connectivity index (χ0n) is 12.8. The molecule has 2 aliphatic rings. The molecule has 1 unspecified atom stereocenters. The second-order valence-corrected chi connectivity index (χ2v) is 6.31. The van der Waals surface area contributed by atoms with Gasteiger partial charge in [-0.1, -0.05) is 23.7 Å². The Morgan fingerprint density at radius 1 is 1.41 bits per heavy atom. The largest absolute Gasteiger partial charge is 0.466 e. The van der Waals surface area contributed by atoms with E-state index in [0.29, 0.717) is 23.8 Å². The van der Waals surface area contributed by atoms with Crippen molar-refractivity contribution in [1.29, 1.82) is 0 Å². The van der Waals surface area contributed by atoms with Gasteiger partial charge in [-0.25, -0.2) is 0 Å². The first-order valence-electron chi connectivity index (χ1n) is 7.92. The molecule has 0 radical (unpaired) electrons. The summed E-state index contributed by atoms with van der Waals surface area (Å²) in [6.07, 6.45) is 4.39. The Balaban J connectivity index is 1.88. The van der Waals surface area contributed by atoms with E-state index in [9.17, 15) is 4.79 Å². The molecule has 1 spiro atoms. The van der Waals surface area contributed by atoms with Crippen LogP contribution < -0.4 is 4.74 Å². The molecule has 0 amide bonds. The van der Waals surface area contributed by atoms with Crippen LogP contribution in [0, 0.1) is 0 Å². The van der Waals surface area contributed by atoms with Crippen LogP contribution in [-0.4, -0.2) is 24.5 Å². The van der Waals surface area contributed by atoms with Crippen LogP contribution in [0.4, 0.5) is 0 Å². The van der Waals surface area contributed by atoms with Gasteiger partial charge in [0.2, 0.25) is 5.79 Å². The molecule has 1 atom stereocenters. The van der Waals surface area contributed by atoms with E-state index in [1.165, 1.54) is 0 Å². The van der Waals surface area contributed by atoms with Crippen LogP contribution in [0.1, 0.15) is 44.6 Å². The third kappa shape index (κ3) is 3.23. The van der Waals surface area contributed by atoms with E-state index in [2.05, 4.69) is 0 Å². The standard InChI is InChI=1S/C17H21ClO4/c1-2-20-15(19)11-13-10-12-6-5-7-14(18)16(12)22-17(21-13)8-3-4-9-17/h5-7,13H,2-4,8-11H2,1H3. The highest BCUT2D eigenvalue weighted by Gasteiger charge is 2.43. The number of hydrogen-bond donors (Lipinski definition) is 0. The molecule has 3 rings (SSSR count). The van der Waals surface area contributed by atoms with Gasteiger partial charge in [0.15, 0.2) is 0 Å². The second-order valence-electron chi connectivity index (χ2n) is 5.90. The zero-order chi connectivity index (χ0) is 15.6. The Morgan fingerprint density at radius 2 is 2.18 bits per heavy atom. The van der Waals surface area contributed by atoms with Gasteiger partial charge in [-0.2, -0.15) is 0 Å². The number of esters is 1. The Kier molecular flexibility index (Phi) is 4.59. The van der Waals surface area contributed by atoms with Crippen LogP contribution in [-0.2, 0) is 20.7 Å². The van der Waals surface area contributed by atoms with Crippen LogP contribution in [0.2, 0.25) is 5.02 Å². The predicted molar refractivity (Wildman–Crippen MR) is 83.1 cm³/mol. The zero-order valence-corrected chi connectivity index (χ0v) is 13.5. The fourth-order valence-corrected chi connectivity index (χ4v) is 3.52. The topological polar surface area (TPSA) is 44.8 Å².